The van der Waals surface area contributed by atoms with E-state index in [2.05, 4.69) is 0 Å². The molecule has 6 atom stereocenters. The van der Waals surface area contributed by atoms with E-state index in [1.807, 2.05) is 78.9 Å². The topological polar surface area (TPSA) is 47.9 Å². The van der Waals surface area contributed by atoms with Gasteiger partial charge >= 0.3 is 0 Å². The third kappa shape index (κ3) is 5.55. The highest BCUT2D eigenvalue weighted by Gasteiger charge is 2.50. The summed E-state index contributed by atoms with van der Waals surface area (Å²) in [5.74, 6) is 0. The van der Waals surface area contributed by atoms with Gasteiger partial charge in [0.1, 0.15) is 23.7 Å². The first-order chi connectivity index (χ1) is 16.1. The second kappa shape index (κ2) is 10.6. The molecule has 0 aromatic heterocycles. The summed E-state index contributed by atoms with van der Waals surface area (Å²) in [6.07, 6.45) is -1.93. The number of rotatable bonds is 5. The SMILES string of the molecule is O[C@H]1[C@H](Sc2ccc(Cl)cc2)[C@H]2O[C@@H](c3ccccc3)OC[C@H]2O[C@H]1Sc1ccc(Cl)cc1. The largest absolute Gasteiger partial charge is 0.388 e. The highest BCUT2D eigenvalue weighted by Crippen LogP contribution is 2.44. The van der Waals surface area contributed by atoms with Crippen molar-refractivity contribution in [3.63, 3.8) is 0 Å². The summed E-state index contributed by atoms with van der Waals surface area (Å²) in [7, 11) is 0. The molecule has 2 saturated heterocycles. The number of benzene rings is 3. The van der Waals surface area contributed by atoms with E-state index >= 15 is 0 Å². The Kier molecular flexibility index (Phi) is 7.54. The minimum absolute atomic E-state index is 0.259. The smallest absolute Gasteiger partial charge is 0.184 e. The number of aliphatic hydroxyl groups is 1. The van der Waals surface area contributed by atoms with Crippen LogP contribution in [-0.2, 0) is 14.2 Å². The number of hydrogen-bond donors (Lipinski definition) is 1. The zero-order chi connectivity index (χ0) is 22.8. The zero-order valence-electron chi connectivity index (χ0n) is 17.4. The molecule has 2 heterocycles. The quantitative estimate of drug-likeness (QED) is 0.417. The summed E-state index contributed by atoms with van der Waals surface area (Å²) in [6, 6.07) is 25.0. The Hall–Kier alpha value is -1.22. The fraction of sp³-hybridized carbons (Fsp3) is 0.280. The van der Waals surface area contributed by atoms with Crippen molar-refractivity contribution in [2.75, 3.05) is 6.61 Å². The second-order valence-electron chi connectivity index (χ2n) is 7.82. The Morgan fingerprint density at radius 1 is 0.758 bits per heavy atom. The molecule has 2 aliphatic heterocycles. The number of halogens is 2. The Bertz CT molecular complexity index is 1050. The number of fused-ring (bicyclic) bond motifs is 1. The summed E-state index contributed by atoms with van der Waals surface area (Å²) in [5.41, 5.74) is 0.469. The minimum Gasteiger partial charge on any atom is -0.388 e. The highest BCUT2D eigenvalue weighted by atomic mass is 35.5. The van der Waals surface area contributed by atoms with E-state index in [9.17, 15) is 5.11 Å². The van der Waals surface area contributed by atoms with Crippen LogP contribution in [0, 0.1) is 0 Å². The molecule has 0 bridgehead atoms. The first-order valence-corrected chi connectivity index (χ1v) is 13.1. The minimum atomic E-state index is -0.776. The van der Waals surface area contributed by atoms with Gasteiger partial charge in [-0.25, -0.2) is 0 Å². The molecular formula is C25H22Cl2O4S2. The van der Waals surface area contributed by atoms with Crippen molar-refractivity contribution in [1.29, 1.82) is 0 Å². The lowest BCUT2D eigenvalue weighted by molar-refractivity contribution is -0.289. The van der Waals surface area contributed by atoms with Crippen molar-refractivity contribution in [2.45, 2.75) is 45.1 Å². The molecular weight excluding hydrogens is 499 g/mol. The second-order valence-corrected chi connectivity index (χ2v) is 11.1. The Morgan fingerprint density at radius 2 is 1.36 bits per heavy atom. The summed E-state index contributed by atoms with van der Waals surface area (Å²) >= 11 is 15.2. The van der Waals surface area contributed by atoms with Gasteiger partial charge in [-0.1, -0.05) is 65.3 Å². The van der Waals surface area contributed by atoms with Gasteiger partial charge in [-0.2, -0.15) is 0 Å². The summed E-state index contributed by atoms with van der Waals surface area (Å²) in [4.78, 5) is 1.97. The zero-order valence-corrected chi connectivity index (χ0v) is 20.6. The van der Waals surface area contributed by atoms with Crippen molar-refractivity contribution in [3.05, 3.63) is 94.5 Å². The van der Waals surface area contributed by atoms with Crippen molar-refractivity contribution in [1.82, 2.24) is 0 Å². The Balaban J connectivity index is 1.40. The van der Waals surface area contributed by atoms with E-state index in [0.29, 0.717) is 16.7 Å². The van der Waals surface area contributed by atoms with Gasteiger partial charge in [0.15, 0.2) is 6.29 Å². The number of ether oxygens (including phenoxy) is 3. The van der Waals surface area contributed by atoms with Gasteiger partial charge in [0, 0.05) is 25.4 Å². The van der Waals surface area contributed by atoms with Gasteiger partial charge < -0.3 is 19.3 Å². The van der Waals surface area contributed by atoms with Crippen LogP contribution < -0.4 is 0 Å². The normalized spacial score (nSPS) is 29.4. The standard InChI is InChI=1S/C25H22Cl2O4S2/c26-16-6-10-18(11-7-16)32-23-21(28)25(33-19-12-8-17(27)9-13-19)30-20-14-29-24(31-22(20)23)15-4-2-1-3-5-15/h1-13,20-25,28H,14H2/t20-,21+,22+,23+,24+,25+/m1/s1. The maximum absolute atomic E-state index is 11.4. The maximum atomic E-state index is 11.4. The molecule has 1 N–H and O–H groups in total. The van der Waals surface area contributed by atoms with E-state index in [1.165, 1.54) is 11.8 Å². The molecule has 5 rings (SSSR count). The molecule has 2 fully saturated rings. The highest BCUT2D eigenvalue weighted by molar-refractivity contribution is 8.01. The lowest BCUT2D eigenvalue weighted by Gasteiger charge is -2.48. The van der Waals surface area contributed by atoms with Crippen LogP contribution in [0.4, 0.5) is 0 Å². The fourth-order valence-corrected chi connectivity index (χ4v) is 6.57. The molecule has 8 heteroatoms. The van der Waals surface area contributed by atoms with Crippen LogP contribution in [0.3, 0.4) is 0 Å². The molecule has 3 aromatic rings. The molecule has 3 aromatic carbocycles. The van der Waals surface area contributed by atoms with Gasteiger partial charge in [0.2, 0.25) is 0 Å². The van der Waals surface area contributed by atoms with Crippen LogP contribution in [0.2, 0.25) is 10.0 Å². The van der Waals surface area contributed by atoms with Crippen molar-refractivity contribution < 1.29 is 19.3 Å². The fourth-order valence-electron chi connectivity index (χ4n) is 3.89. The van der Waals surface area contributed by atoms with Crippen LogP contribution in [0.5, 0.6) is 0 Å². The third-order valence-electron chi connectivity index (χ3n) is 5.53. The lowest BCUT2D eigenvalue weighted by Crippen LogP contribution is -2.59. The summed E-state index contributed by atoms with van der Waals surface area (Å²) in [6.45, 7) is 0.381. The van der Waals surface area contributed by atoms with Gasteiger partial charge in [-0.3, -0.25) is 0 Å². The lowest BCUT2D eigenvalue weighted by atomic mass is 10.0. The first kappa shape index (κ1) is 23.5. The average Bonchev–Trinajstić information content (AvgIpc) is 2.84. The molecule has 0 saturated carbocycles. The van der Waals surface area contributed by atoms with E-state index in [-0.39, 0.29) is 17.5 Å². The van der Waals surface area contributed by atoms with Gasteiger partial charge in [-0.05, 0) is 48.5 Å². The molecule has 172 valence electrons. The van der Waals surface area contributed by atoms with Crippen molar-refractivity contribution >= 4 is 46.7 Å². The number of aliphatic hydroxyl groups excluding tert-OH is 1. The molecule has 0 spiro atoms. The number of thioether (sulfide) groups is 2. The Labute approximate surface area is 211 Å². The van der Waals surface area contributed by atoms with Gasteiger partial charge in [0.05, 0.1) is 11.9 Å². The van der Waals surface area contributed by atoms with E-state index in [4.69, 9.17) is 37.4 Å². The number of hydrogen-bond acceptors (Lipinski definition) is 6. The molecule has 0 amide bonds. The van der Waals surface area contributed by atoms with Crippen LogP contribution in [-0.4, -0.2) is 40.7 Å². The third-order valence-corrected chi connectivity index (χ3v) is 8.56. The Morgan fingerprint density at radius 3 is 2.00 bits per heavy atom. The molecule has 4 nitrogen and oxygen atoms in total. The predicted molar refractivity (Wildman–Crippen MR) is 133 cm³/mol. The van der Waals surface area contributed by atoms with Gasteiger partial charge in [0.25, 0.3) is 0 Å². The van der Waals surface area contributed by atoms with Gasteiger partial charge in [-0.15, -0.1) is 11.8 Å². The molecule has 0 unspecified atom stereocenters. The summed E-state index contributed by atoms with van der Waals surface area (Å²) < 4.78 is 18.7. The predicted octanol–water partition coefficient (Wildman–Crippen LogP) is 6.45. The van der Waals surface area contributed by atoms with E-state index < -0.39 is 17.8 Å². The van der Waals surface area contributed by atoms with E-state index in [0.717, 1.165) is 15.4 Å². The average molecular weight is 521 g/mol. The van der Waals surface area contributed by atoms with Crippen LogP contribution in [0.25, 0.3) is 0 Å². The molecule has 0 aliphatic carbocycles. The summed E-state index contributed by atoms with van der Waals surface area (Å²) in [5, 5.41) is 12.5. The molecule has 0 radical (unpaired) electrons. The van der Waals surface area contributed by atoms with E-state index in [1.54, 1.807) is 11.8 Å². The van der Waals surface area contributed by atoms with Crippen LogP contribution >= 0.6 is 46.7 Å². The van der Waals surface area contributed by atoms with Crippen LogP contribution in [0.15, 0.2) is 88.7 Å². The van der Waals surface area contributed by atoms with Crippen molar-refractivity contribution in [2.24, 2.45) is 0 Å². The molecule has 2 aliphatic rings. The first-order valence-electron chi connectivity index (χ1n) is 10.6. The van der Waals surface area contributed by atoms with Crippen molar-refractivity contribution in [3.8, 4) is 0 Å². The van der Waals surface area contributed by atoms with Crippen LogP contribution in [0.1, 0.15) is 11.9 Å². The molecule has 33 heavy (non-hydrogen) atoms. The monoisotopic (exact) mass is 520 g/mol. The maximum Gasteiger partial charge on any atom is 0.184 e.